The van der Waals surface area contributed by atoms with Gasteiger partial charge in [-0.15, -0.1) is 0 Å². The normalized spacial score (nSPS) is 11.7. The van der Waals surface area contributed by atoms with E-state index in [2.05, 4.69) is 26.5 Å². The number of rotatable bonds is 10. The Morgan fingerprint density at radius 2 is 1.80 bits per heavy atom. The molecule has 0 atom stereocenters. The molecule has 0 radical (unpaired) electrons. The number of nitrogens with zero attached hydrogens (tertiary/aromatic N) is 2. The lowest BCUT2D eigenvalue weighted by Crippen LogP contribution is -2.39. The number of hydrogen-bond acceptors (Lipinski definition) is 6. The monoisotopic (exact) mass is 559 g/mol. The van der Waals surface area contributed by atoms with E-state index in [4.69, 9.17) is 4.74 Å². The molecule has 0 saturated carbocycles. The first-order chi connectivity index (χ1) is 16.7. The minimum absolute atomic E-state index is 0.00217. The van der Waals surface area contributed by atoms with Gasteiger partial charge in [0.15, 0.2) is 11.5 Å². The number of benzene rings is 3. The number of aromatic hydroxyl groups is 1. The zero-order valence-electron chi connectivity index (χ0n) is 19.3. The fraction of sp³-hybridized carbons (Fsp3) is 0.200. The highest BCUT2D eigenvalue weighted by atomic mass is 79.9. The fourth-order valence-corrected chi connectivity index (χ4v) is 4.81. The molecule has 0 fully saturated rings. The van der Waals surface area contributed by atoms with E-state index in [1.54, 1.807) is 61.5 Å². The molecule has 3 aromatic rings. The maximum atomic E-state index is 13.3. The number of aryl methyl sites for hydroxylation is 1. The number of phenols is 1. The Hall–Kier alpha value is -3.21. The Bertz CT molecular complexity index is 1290. The smallest absolute Gasteiger partial charge is 0.255 e. The summed E-state index contributed by atoms with van der Waals surface area (Å²) in [5.74, 6) is -0.437. The van der Waals surface area contributed by atoms with Crippen molar-refractivity contribution in [2.75, 3.05) is 13.2 Å². The van der Waals surface area contributed by atoms with E-state index in [0.717, 1.165) is 19.9 Å². The molecule has 3 rings (SSSR count). The first-order valence-corrected chi connectivity index (χ1v) is 13.0. The highest BCUT2D eigenvalue weighted by Gasteiger charge is 2.27. The molecule has 10 heteroatoms. The lowest BCUT2D eigenvalue weighted by Gasteiger charge is -2.21. The highest BCUT2D eigenvalue weighted by Crippen LogP contribution is 2.28. The van der Waals surface area contributed by atoms with Gasteiger partial charge in [-0.3, -0.25) is 4.79 Å². The predicted molar refractivity (Wildman–Crippen MR) is 138 cm³/mol. The van der Waals surface area contributed by atoms with Crippen molar-refractivity contribution in [3.05, 3.63) is 87.9 Å². The van der Waals surface area contributed by atoms with Gasteiger partial charge in [-0.05, 0) is 55.8 Å². The summed E-state index contributed by atoms with van der Waals surface area (Å²) in [6, 6.07) is 18.5. The SMILES string of the molecule is CCOc1cccc(/C=N\NC(=O)CN(Cc2ccc(Br)cc2)S(=O)(=O)c2ccc(C)cc2)c1O. The van der Waals surface area contributed by atoms with E-state index in [1.807, 2.05) is 6.92 Å². The van der Waals surface area contributed by atoms with Crippen LogP contribution in [0.3, 0.4) is 0 Å². The van der Waals surface area contributed by atoms with Gasteiger partial charge in [0.1, 0.15) is 0 Å². The number of halogens is 1. The van der Waals surface area contributed by atoms with Gasteiger partial charge in [-0.1, -0.05) is 51.8 Å². The van der Waals surface area contributed by atoms with E-state index in [0.29, 0.717) is 17.9 Å². The van der Waals surface area contributed by atoms with Crippen molar-refractivity contribution in [1.29, 1.82) is 0 Å². The first kappa shape index (κ1) is 26.4. The number of hydrazone groups is 1. The van der Waals surface area contributed by atoms with Crippen LogP contribution >= 0.6 is 15.9 Å². The van der Waals surface area contributed by atoms with Gasteiger partial charge >= 0.3 is 0 Å². The maximum absolute atomic E-state index is 13.3. The average Bonchev–Trinajstić information content (AvgIpc) is 2.83. The highest BCUT2D eigenvalue weighted by molar-refractivity contribution is 9.10. The summed E-state index contributed by atoms with van der Waals surface area (Å²) < 4.78 is 34.0. The van der Waals surface area contributed by atoms with E-state index in [9.17, 15) is 18.3 Å². The van der Waals surface area contributed by atoms with Gasteiger partial charge in [0, 0.05) is 16.6 Å². The van der Waals surface area contributed by atoms with Gasteiger partial charge in [-0.25, -0.2) is 13.8 Å². The Balaban J connectivity index is 1.78. The fourth-order valence-electron chi connectivity index (χ4n) is 3.16. The van der Waals surface area contributed by atoms with Crippen molar-refractivity contribution in [2.24, 2.45) is 5.10 Å². The lowest BCUT2D eigenvalue weighted by atomic mass is 10.2. The number of hydrogen-bond donors (Lipinski definition) is 2. The molecule has 0 spiro atoms. The molecule has 0 aliphatic rings. The van der Waals surface area contributed by atoms with E-state index in [1.165, 1.54) is 18.3 Å². The van der Waals surface area contributed by atoms with Crippen LogP contribution in [0.15, 0.2) is 81.2 Å². The number of carbonyl (C=O) groups excluding carboxylic acids is 1. The van der Waals surface area contributed by atoms with Crippen LogP contribution in [0.1, 0.15) is 23.6 Å². The molecular weight excluding hydrogens is 534 g/mol. The molecule has 0 bridgehead atoms. The minimum atomic E-state index is -3.96. The van der Waals surface area contributed by atoms with Crippen LogP contribution in [-0.2, 0) is 21.4 Å². The standard InChI is InChI=1S/C25H26BrN3O5S/c1-3-34-23-6-4-5-20(25(23)31)15-27-28-24(30)17-29(16-19-9-11-21(26)12-10-19)35(32,33)22-13-7-18(2)8-14-22/h4-15,31H,3,16-17H2,1-2H3,(H,28,30)/b27-15-. The van der Waals surface area contributed by atoms with Crippen LogP contribution in [0, 0.1) is 6.92 Å². The molecule has 3 aromatic carbocycles. The molecule has 2 N–H and O–H groups in total. The Labute approximate surface area is 213 Å². The molecule has 0 aromatic heterocycles. The Morgan fingerprint density at radius 3 is 2.46 bits per heavy atom. The third kappa shape index (κ3) is 7.14. The second kappa shape index (κ2) is 12.0. The van der Waals surface area contributed by atoms with E-state index in [-0.39, 0.29) is 17.2 Å². The summed E-state index contributed by atoms with van der Waals surface area (Å²) in [6.07, 6.45) is 1.27. The van der Waals surface area contributed by atoms with Crippen molar-refractivity contribution in [2.45, 2.75) is 25.3 Å². The summed E-state index contributed by atoms with van der Waals surface area (Å²) in [6.45, 7) is 3.59. The van der Waals surface area contributed by atoms with Crippen LogP contribution in [0.25, 0.3) is 0 Å². The molecule has 184 valence electrons. The minimum Gasteiger partial charge on any atom is -0.504 e. The van der Waals surface area contributed by atoms with Crippen LogP contribution in [0.4, 0.5) is 0 Å². The van der Waals surface area contributed by atoms with Crippen LogP contribution in [-0.4, -0.2) is 43.1 Å². The van der Waals surface area contributed by atoms with Gasteiger partial charge in [0.25, 0.3) is 5.91 Å². The number of phenolic OH excluding ortho intramolecular Hbond substituents is 1. The molecule has 0 heterocycles. The number of amides is 1. The molecule has 0 saturated heterocycles. The molecule has 0 aliphatic heterocycles. The second-order valence-electron chi connectivity index (χ2n) is 7.63. The molecule has 0 aliphatic carbocycles. The number of nitrogens with one attached hydrogen (secondary N) is 1. The van der Waals surface area contributed by atoms with Crippen molar-refractivity contribution in [3.63, 3.8) is 0 Å². The third-order valence-electron chi connectivity index (χ3n) is 4.97. The van der Waals surface area contributed by atoms with Crippen LogP contribution < -0.4 is 10.2 Å². The summed E-state index contributed by atoms with van der Waals surface area (Å²) in [7, 11) is -3.96. The molecule has 8 nitrogen and oxygen atoms in total. The largest absolute Gasteiger partial charge is 0.504 e. The lowest BCUT2D eigenvalue weighted by molar-refractivity contribution is -0.121. The van der Waals surface area contributed by atoms with E-state index < -0.39 is 22.5 Å². The molecule has 0 unspecified atom stereocenters. The quantitative estimate of drug-likeness (QED) is 0.286. The maximum Gasteiger partial charge on any atom is 0.255 e. The topological polar surface area (TPSA) is 108 Å². The van der Waals surface area contributed by atoms with Crippen molar-refractivity contribution in [3.8, 4) is 11.5 Å². The number of para-hydroxylation sites is 1. The average molecular weight is 560 g/mol. The Kier molecular flexibility index (Phi) is 9.02. The number of carbonyl (C=O) groups is 1. The molecular formula is C25H26BrN3O5S. The third-order valence-corrected chi connectivity index (χ3v) is 7.31. The van der Waals surface area contributed by atoms with Gasteiger partial charge in [-0.2, -0.15) is 9.41 Å². The van der Waals surface area contributed by atoms with Gasteiger partial charge in [0.05, 0.1) is 24.3 Å². The number of sulfonamides is 1. The second-order valence-corrected chi connectivity index (χ2v) is 10.5. The summed E-state index contributed by atoms with van der Waals surface area (Å²) in [4.78, 5) is 12.7. The van der Waals surface area contributed by atoms with Crippen LogP contribution in [0.5, 0.6) is 11.5 Å². The predicted octanol–water partition coefficient (Wildman–Crippen LogP) is 4.20. The summed E-state index contributed by atoms with van der Waals surface area (Å²) >= 11 is 3.36. The molecule has 35 heavy (non-hydrogen) atoms. The van der Waals surface area contributed by atoms with E-state index >= 15 is 0 Å². The van der Waals surface area contributed by atoms with Gasteiger partial charge in [0.2, 0.25) is 10.0 Å². The Morgan fingerprint density at radius 1 is 1.11 bits per heavy atom. The van der Waals surface area contributed by atoms with Gasteiger partial charge < -0.3 is 9.84 Å². The van der Waals surface area contributed by atoms with Crippen molar-refractivity contribution in [1.82, 2.24) is 9.73 Å². The zero-order chi connectivity index (χ0) is 25.4. The van der Waals surface area contributed by atoms with Crippen molar-refractivity contribution < 1.29 is 23.1 Å². The van der Waals surface area contributed by atoms with Crippen LogP contribution in [0.2, 0.25) is 0 Å². The molecule has 1 amide bonds. The number of ether oxygens (including phenoxy) is 1. The summed E-state index contributed by atoms with van der Waals surface area (Å²) in [5.41, 5.74) is 4.32. The summed E-state index contributed by atoms with van der Waals surface area (Å²) in [5, 5.41) is 14.1. The first-order valence-electron chi connectivity index (χ1n) is 10.8. The van der Waals surface area contributed by atoms with Crippen molar-refractivity contribution >= 4 is 38.1 Å². The zero-order valence-corrected chi connectivity index (χ0v) is 21.7.